The van der Waals surface area contributed by atoms with E-state index in [0.29, 0.717) is 5.56 Å². The summed E-state index contributed by atoms with van der Waals surface area (Å²) >= 11 is 0. The average Bonchev–Trinajstić information content (AvgIpc) is 2.28. The lowest BCUT2D eigenvalue weighted by atomic mass is 9.93. The van der Waals surface area contributed by atoms with Gasteiger partial charge in [-0.25, -0.2) is 0 Å². The highest BCUT2D eigenvalue weighted by Gasteiger charge is 2.13. The number of rotatable bonds is 2. The van der Waals surface area contributed by atoms with E-state index in [0.717, 1.165) is 22.3 Å². The predicted octanol–water partition coefficient (Wildman–Crippen LogP) is 3.07. The highest BCUT2D eigenvalue weighted by atomic mass is 16.1. The Kier molecular flexibility index (Phi) is 2.96. The van der Waals surface area contributed by atoms with E-state index in [1.54, 1.807) is 0 Å². The summed E-state index contributed by atoms with van der Waals surface area (Å²) in [5.74, 6) is -0.374. The fourth-order valence-corrected chi connectivity index (χ4v) is 2.09. The van der Waals surface area contributed by atoms with Crippen molar-refractivity contribution in [3.8, 4) is 11.1 Å². The molecule has 0 unspecified atom stereocenters. The van der Waals surface area contributed by atoms with Gasteiger partial charge in [0.05, 0.1) is 0 Å². The molecule has 2 rings (SSSR count). The van der Waals surface area contributed by atoms with E-state index in [9.17, 15) is 4.79 Å². The summed E-state index contributed by atoms with van der Waals surface area (Å²) in [6.07, 6.45) is 0. The van der Waals surface area contributed by atoms with Crippen LogP contribution in [0.15, 0.2) is 42.5 Å². The van der Waals surface area contributed by atoms with Gasteiger partial charge in [-0.1, -0.05) is 42.5 Å². The van der Waals surface area contributed by atoms with Crippen molar-refractivity contribution in [3.63, 3.8) is 0 Å². The van der Waals surface area contributed by atoms with Crippen LogP contribution in [-0.2, 0) is 0 Å². The van der Waals surface area contributed by atoms with Gasteiger partial charge in [0.25, 0.3) is 0 Å². The van der Waals surface area contributed by atoms with Crippen LogP contribution in [-0.4, -0.2) is 5.91 Å². The van der Waals surface area contributed by atoms with Crippen LogP contribution in [0.5, 0.6) is 0 Å². The van der Waals surface area contributed by atoms with Gasteiger partial charge in [-0.15, -0.1) is 0 Å². The minimum absolute atomic E-state index is 0.374. The minimum atomic E-state index is -0.374. The van der Waals surface area contributed by atoms with Gasteiger partial charge >= 0.3 is 0 Å². The van der Waals surface area contributed by atoms with Crippen LogP contribution in [0.4, 0.5) is 0 Å². The van der Waals surface area contributed by atoms with E-state index < -0.39 is 0 Å². The molecular weight excluding hydrogens is 210 g/mol. The number of carbonyl (C=O) groups excluding carboxylic acids is 1. The molecule has 2 nitrogen and oxygen atoms in total. The maximum absolute atomic E-state index is 11.5. The monoisotopic (exact) mass is 225 g/mol. The molecule has 0 spiro atoms. The van der Waals surface area contributed by atoms with Crippen molar-refractivity contribution < 1.29 is 4.79 Å². The summed E-state index contributed by atoms with van der Waals surface area (Å²) in [5.41, 5.74) is 10.1. The zero-order chi connectivity index (χ0) is 12.4. The van der Waals surface area contributed by atoms with E-state index in [1.807, 2.05) is 56.3 Å². The van der Waals surface area contributed by atoms with Crippen molar-refractivity contribution in [3.05, 3.63) is 59.2 Å². The SMILES string of the molecule is Cc1ccccc1-c1cccc(C)c1C(N)=O. The summed E-state index contributed by atoms with van der Waals surface area (Å²) in [4.78, 5) is 11.5. The van der Waals surface area contributed by atoms with Gasteiger partial charge in [-0.2, -0.15) is 0 Å². The first-order chi connectivity index (χ1) is 8.11. The van der Waals surface area contributed by atoms with Gasteiger partial charge in [0.2, 0.25) is 5.91 Å². The second-order valence-electron chi connectivity index (χ2n) is 4.18. The minimum Gasteiger partial charge on any atom is -0.366 e. The number of hydrogen-bond donors (Lipinski definition) is 1. The predicted molar refractivity (Wildman–Crippen MR) is 69.9 cm³/mol. The summed E-state index contributed by atoms with van der Waals surface area (Å²) in [5, 5.41) is 0. The largest absolute Gasteiger partial charge is 0.366 e. The molecule has 0 bridgehead atoms. The molecule has 0 fully saturated rings. The van der Waals surface area contributed by atoms with Crippen LogP contribution in [0.1, 0.15) is 21.5 Å². The molecule has 0 radical (unpaired) electrons. The number of carbonyl (C=O) groups is 1. The lowest BCUT2D eigenvalue weighted by Crippen LogP contribution is -2.14. The molecule has 17 heavy (non-hydrogen) atoms. The normalized spacial score (nSPS) is 10.2. The first-order valence-electron chi connectivity index (χ1n) is 5.56. The quantitative estimate of drug-likeness (QED) is 0.838. The van der Waals surface area contributed by atoms with Crippen molar-refractivity contribution in [2.75, 3.05) is 0 Å². The smallest absolute Gasteiger partial charge is 0.249 e. The third kappa shape index (κ3) is 2.07. The Hall–Kier alpha value is -2.09. The van der Waals surface area contributed by atoms with Crippen LogP contribution in [0.2, 0.25) is 0 Å². The van der Waals surface area contributed by atoms with Gasteiger partial charge in [-0.3, -0.25) is 4.79 Å². The molecule has 0 aliphatic carbocycles. The van der Waals surface area contributed by atoms with Crippen LogP contribution in [0.3, 0.4) is 0 Å². The van der Waals surface area contributed by atoms with Crippen molar-refractivity contribution in [2.45, 2.75) is 13.8 Å². The summed E-state index contributed by atoms with van der Waals surface area (Å²) in [6, 6.07) is 13.8. The first kappa shape index (κ1) is 11.4. The Morgan fingerprint density at radius 3 is 2.12 bits per heavy atom. The van der Waals surface area contributed by atoms with Gasteiger partial charge < -0.3 is 5.73 Å². The number of primary amides is 1. The third-order valence-electron chi connectivity index (χ3n) is 2.95. The summed E-state index contributed by atoms with van der Waals surface area (Å²) in [7, 11) is 0. The number of benzene rings is 2. The Morgan fingerprint density at radius 2 is 1.47 bits per heavy atom. The van der Waals surface area contributed by atoms with Crippen LogP contribution >= 0.6 is 0 Å². The van der Waals surface area contributed by atoms with Gasteiger partial charge in [0.1, 0.15) is 0 Å². The number of hydrogen-bond acceptors (Lipinski definition) is 1. The van der Waals surface area contributed by atoms with Crippen molar-refractivity contribution >= 4 is 5.91 Å². The molecule has 0 aliphatic rings. The maximum Gasteiger partial charge on any atom is 0.249 e. The van der Waals surface area contributed by atoms with Crippen LogP contribution < -0.4 is 5.73 Å². The molecule has 0 atom stereocenters. The zero-order valence-electron chi connectivity index (χ0n) is 10.0. The lowest BCUT2D eigenvalue weighted by molar-refractivity contribution is 0.100. The number of aryl methyl sites for hydroxylation is 2. The molecule has 2 aromatic rings. The zero-order valence-corrected chi connectivity index (χ0v) is 10.0. The van der Waals surface area contributed by atoms with Crippen molar-refractivity contribution in [2.24, 2.45) is 5.73 Å². The standard InChI is InChI=1S/C15H15NO/c1-10-6-3-4-8-12(10)13-9-5-7-11(2)14(13)15(16)17/h3-9H,1-2H3,(H2,16,17). The number of amides is 1. The lowest BCUT2D eigenvalue weighted by Gasteiger charge is -2.11. The Labute approximate surface area is 101 Å². The van der Waals surface area contributed by atoms with Crippen molar-refractivity contribution in [1.82, 2.24) is 0 Å². The molecular formula is C15H15NO. The van der Waals surface area contributed by atoms with Gasteiger partial charge in [-0.05, 0) is 36.1 Å². The molecule has 1 amide bonds. The van der Waals surface area contributed by atoms with E-state index in [2.05, 4.69) is 0 Å². The topological polar surface area (TPSA) is 43.1 Å². The first-order valence-corrected chi connectivity index (χ1v) is 5.56. The molecule has 86 valence electrons. The van der Waals surface area contributed by atoms with Crippen molar-refractivity contribution in [1.29, 1.82) is 0 Å². The summed E-state index contributed by atoms with van der Waals surface area (Å²) < 4.78 is 0. The molecule has 2 aromatic carbocycles. The molecule has 2 heteroatoms. The average molecular weight is 225 g/mol. The Balaban J connectivity index is 2.72. The Morgan fingerprint density at radius 1 is 0.882 bits per heavy atom. The fraction of sp³-hybridized carbons (Fsp3) is 0.133. The Bertz CT molecular complexity index is 573. The van der Waals surface area contributed by atoms with Gasteiger partial charge in [0.15, 0.2) is 0 Å². The third-order valence-corrected chi connectivity index (χ3v) is 2.95. The molecule has 0 saturated heterocycles. The highest BCUT2D eigenvalue weighted by molar-refractivity contribution is 6.01. The van der Waals surface area contributed by atoms with Crippen LogP contribution in [0, 0.1) is 13.8 Å². The van der Waals surface area contributed by atoms with E-state index >= 15 is 0 Å². The van der Waals surface area contributed by atoms with E-state index in [4.69, 9.17) is 5.73 Å². The molecule has 0 saturated carbocycles. The van der Waals surface area contributed by atoms with Gasteiger partial charge in [0, 0.05) is 5.56 Å². The second-order valence-corrected chi connectivity index (χ2v) is 4.18. The fourth-order valence-electron chi connectivity index (χ4n) is 2.09. The van der Waals surface area contributed by atoms with E-state index in [1.165, 1.54) is 0 Å². The highest BCUT2D eigenvalue weighted by Crippen LogP contribution is 2.28. The number of nitrogens with two attached hydrogens (primary N) is 1. The molecule has 2 N–H and O–H groups in total. The van der Waals surface area contributed by atoms with Crippen LogP contribution in [0.25, 0.3) is 11.1 Å². The second kappa shape index (κ2) is 4.42. The maximum atomic E-state index is 11.5. The van der Waals surface area contributed by atoms with E-state index in [-0.39, 0.29) is 5.91 Å². The summed E-state index contributed by atoms with van der Waals surface area (Å²) in [6.45, 7) is 3.93. The molecule has 0 aromatic heterocycles. The molecule has 0 aliphatic heterocycles. The molecule has 0 heterocycles.